The van der Waals surface area contributed by atoms with E-state index in [9.17, 15) is 9.59 Å². The number of benzene rings is 1. The van der Waals surface area contributed by atoms with Crippen LogP contribution in [0.4, 0.5) is 0 Å². The molecule has 0 radical (unpaired) electrons. The van der Waals surface area contributed by atoms with Gasteiger partial charge in [0.1, 0.15) is 5.69 Å². The number of rotatable bonds is 6. The highest BCUT2D eigenvalue weighted by Gasteiger charge is 2.45. The largest absolute Gasteiger partial charge is 0.467 e. The van der Waals surface area contributed by atoms with E-state index in [1.165, 1.54) is 14.2 Å². The summed E-state index contributed by atoms with van der Waals surface area (Å²) in [5.41, 5.74) is 1.34. The number of nitrogens with one attached hydrogen (secondary N) is 1. The maximum absolute atomic E-state index is 12.7. The molecular formula is C23H32N2O5. The van der Waals surface area contributed by atoms with Crippen molar-refractivity contribution in [1.29, 1.82) is 0 Å². The van der Waals surface area contributed by atoms with E-state index in [0.717, 1.165) is 30.2 Å². The average molecular weight is 417 g/mol. The zero-order valence-electron chi connectivity index (χ0n) is 18.7. The molecule has 7 nitrogen and oxygen atoms in total. The molecule has 0 saturated carbocycles. The Morgan fingerprint density at radius 1 is 1.07 bits per heavy atom. The maximum atomic E-state index is 12.7. The second-order valence-electron chi connectivity index (χ2n) is 9.11. The lowest BCUT2D eigenvalue weighted by molar-refractivity contribution is -0.302. The SMILES string of the molecule is COC(=O)c1[nH]c2ccccc2c1CC(ON1C(C)(C)CCCC1(C)C)C(=O)OC. The van der Waals surface area contributed by atoms with E-state index in [0.29, 0.717) is 11.3 Å². The standard InChI is InChI=1S/C23H32N2O5/c1-22(2)12-9-13-23(3,4)25(22)30-18(20(26)28-5)14-16-15-10-7-8-11-17(15)24-19(16)21(27)29-6/h7-8,10-11,18,24H,9,12-14H2,1-6H3. The number of ether oxygens (including phenoxy) is 2. The van der Waals surface area contributed by atoms with Crippen molar-refractivity contribution in [2.24, 2.45) is 0 Å². The summed E-state index contributed by atoms with van der Waals surface area (Å²) < 4.78 is 10.0. The lowest BCUT2D eigenvalue weighted by Crippen LogP contribution is -2.60. The Hall–Kier alpha value is -2.38. The highest BCUT2D eigenvalue weighted by atomic mass is 16.7. The van der Waals surface area contributed by atoms with Gasteiger partial charge in [-0.3, -0.25) is 4.84 Å². The molecule has 1 aromatic heterocycles. The van der Waals surface area contributed by atoms with Gasteiger partial charge in [0, 0.05) is 28.4 Å². The van der Waals surface area contributed by atoms with Crippen LogP contribution in [-0.2, 0) is 25.5 Å². The van der Waals surface area contributed by atoms with Crippen molar-refractivity contribution in [3.63, 3.8) is 0 Å². The number of hydrogen-bond donors (Lipinski definition) is 1. The monoisotopic (exact) mass is 416 g/mol. The molecule has 1 aliphatic rings. The van der Waals surface area contributed by atoms with Crippen LogP contribution in [0.5, 0.6) is 0 Å². The summed E-state index contributed by atoms with van der Waals surface area (Å²) in [6.07, 6.45) is 2.31. The van der Waals surface area contributed by atoms with E-state index in [2.05, 4.69) is 32.7 Å². The maximum Gasteiger partial charge on any atom is 0.354 e. The first-order valence-electron chi connectivity index (χ1n) is 10.3. The summed E-state index contributed by atoms with van der Waals surface area (Å²) in [7, 11) is 2.69. The number of carbonyl (C=O) groups is 2. The normalized spacial score (nSPS) is 19.4. The van der Waals surface area contributed by atoms with Crippen LogP contribution in [0.2, 0.25) is 0 Å². The third-order valence-corrected chi connectivity index (χ3v) is 5.97. The minimum atomic E-state index is -0.894. The van der Waals surface area contributed by atoms with Gasteiger partial charge in [0.25, 0.3) is 0 Å². The second kappa shape index (κ2) is 8.40. The number of methoxy groups -OCH3 is 2. The summed E-state index contributed by atoms with van der Waals surface area (Å²) in [6.45, 7) is 8.48. The first-order chi connectivity index (χ1) is 14.1. The van der Waals surface area contributed by atoms with Crippen LogP contribution >= 0.6 is 0 Å². The predicted molar refractivity (Wildman–Crippen MR) is 114 cm³/mol. The van der Waals surface area contributed by atoms with E-state index in [1.54, 1.807) is 0 Å². The van der Waals surface area contributed by atoms with Gasteiger partial charge in [-0.1, -0.05) is 18.2 Å². The number of carbonyl (C=O) groups excluding carboxylic acids is 2. The van der Waals surface area contributed by atoms with Crippen molar-refractivity contribution in [1.82, 2.24) is 10.0 Å². The number of piperidine rings is 1. The van der Waals surface area contributed by atoms with Crippen LogP contribution in [0.15, 0.2) is 24.3 Å². The summed E-state index contributed by atoms with van der Waals surface area (Å²) in [6, 6.07) is 7.58. The fraction of sp³-hybridized carbons (Fsp3) is 0.565. The van der Waals surface area contributed by atoms with E-state index >= 15 is 0 Å². The Bertz CT molecular complexity index is 915. The van der Waals surface area contributed by atoms with E-state index < -0.39 is 18.0 Å². The molecule has 3 rings (SSSR count). The summed E-state index contributed by atoms with van der Waals surface area (Å²) >= 11 is 0. The molecule has 1 N–H and O–H groups in total. The molecule has 1 unspecified atom stereocenters. The molecule has 0 bridgehead atoms. The molecule has 0 aliphatic carbocycles. The molecule has 1 saturated heterocycles. The van der Waals surface area contributed by atoms with Crippen LogP contribution < -0.4 is 0 Å². The minimum absolute atomic E-state index is 0.184. The molecule has 164 valence electrons. The van der Waals surface area contributed by atoms with Crippen molar-refractivity contribution >= 4 is 22.8 Å². The predicted octanol–water partition coefficient (Wildman–Crippen LogP) is 4.01. The van der Waals surface area contributed by atoms with Crippen molar-refractivity contribution in [3.8, 4) is 0 Å². The third kappa shape index (κ3) is 4.23. The lowest BCUT2D eigenvalue weighted by atomic mass is 9.82. The molecular weight excluding hydrogens is 384 g/mol. The zero-order valence-corrected chi connectivity index (χ0v) is 18.7. The van der Waals surface area contributed by atoms with Crippen molar-refractivity contribution in [2.75, 3.05) is 14.2 Å². The fourth-order valence-corrected chi connectivity index (χ4v) is 4.56. The number of hydrogen-bond acceptors (Lipinski definition) is 6. The Kier molecular flexibility index (Phi) is 6.24. The Morgan fingerprint density at radius 2 is 1.70 bits per heavy atom. The third-order valence-electron chi connectivity index (χ3n) is 5.97. The number of aromatic amines is 1. The quantitative estimate of drug-likeness (QED) is 0.717. The van der Waals surface area contributed by atoms with Gasteiger partial charge in [-0.2, -0.15) is 5.06 Å². The summed E-state index contributed by atoms with van der Waals surface area (Å²) in [4.78, 5) is 34.6. The van der Waals surface area contributed by atoms with Gasteiger partial charge >= 0.3 is 11.9 Å². The van der Waals surface area contributed by atoms with Crippen molar-refractivity contribution in [3.05, 3.63) is 35.5 Å². The van der Waals surface area contributed by atoms with Crippen LogP contribution in [0, 0.1) is 0 Å². The Morgan fingerprint density at radius 3 is 2.30 bits per heavy atom. The first kappa shape index (κ1) is 22.3. The molecule has 1 aromatic carbocycles. The van der Waals surface area contributed by atoms with Crippen LogP contribution in [0.25, 0.3) is 10.9 Å². The van der Waals surface area contributed by atoms with E-state index in [4.69, 9.17) is 14.3 Å². The molecule has 1 fully saturated rings. The number of esters is 2. The number of H-pyrrole nitrogens is 1. The fourth-order valence-electron chi connectivity index (χ4n) is 4.56. The van der Waals surface area contributed by atoms with Crippen molar-refractivity contribution in [2.45, 2.75) is 70.6 Å². The number of para-hydroxylation sites is 1. The summed E-state index contributed by atoms with van der Waals surface area (Å²) in [5.74, 6) is -0.961. The van der Waals surface area contributed by atoms with Gasteiger partial charge in [-0.25, -0.2) is 9.59 Å². The number of nitrogens with zero attached hydrogens (tertiary/aromatic N) is 1. The average Bonchev–Trinajstić information content (AvgIpc) is 3.06. The van der Waals surface area contributed by atoms with Gasteiger partial charge in [0.15, 0.2) is 6.10 Å². The van der Waals surface area contributed by atoms with Gasteiger partial charge in [-0.15, -0.1) is 0 Å². The van der Waals surface area contributed by atoms with E-state index in [1.807, 2.05) is 29.3 Å². The molecule has 2 aromatic rings. The van der Waals surface area contributed by atoms with Crippen LogP contribution in [0.1, 0.15) is 63.0 Å². The molecule has 0 amide bonds. The van der Waals surface area contributed by atoms with Crippen LogP contribution in [-0.4, -0.2) is 53.4 Å². The Labute approximate surface area is 177 Å². The number of aromatic nitrogens is 1. The zero-order chi connectivity index (χ0) is 22.1. The second-order valence-corrected chi connectivity index (χ2v) is 9.11. The first-order valence-corrected chi connectivity index (χ1v) is 10.3. The van der Waals surface area contributed by atoms with Gasteiger partial charge in [-0.05, 0) is 58.6 Å². The van der Waals surface area contributed by atoms with Crippen molar-refractivity contribution < 1.29 is 23.9 Å². The minimum Gasteiger partial charge on any atom is -0.467 e. The highest BCUT2D eigenvalue weighted by molar-refractivity contribution is 5.98. The lowest BCUT2D eigenvalue weighted by Gasteiger charge is -2.52. The molecule has 1 atom stereocenters. The highest BCUT2D eigenvalue weighted by Crippen LogP contribution is 2.39. The smallest absolute Gasteiger partial charge is 0.354 e. The van der Waals surface area contributed by atoms with Gasteiger partial charge in [0.2, 0.25) is 0 Å². The van der Waals surface area contributed by atoms with Crippen LogP contribution in [0.3, 0.4) is 0 Å². The Balaban J connectivity index is 2.00. The topological polar surface area (TPSA) is 80.9 Å². The molecule has 2 heterocycles. The molecule has 30 heavy (non-hydrogen) atoms. The number of fused-ring (bicyclic) bond motifs is 1. The molecule has 7 heteroatoms. The van der Waals surface area contributed by atoms with E-state index in [-0.39, 0.29) is 17.5 Å². The van der Waals surface area contributed by atoms with Gasteiger partial charge < -0.3 is 14.5 Å². The number of hydroxylamine groups is 2. The van der Waals surface area contributed by atoms with Gasteiger partial charge in [0.05, 0.1) is 14.2 Å². The summed E-state index contributed by atoms with van der Waals surface area (Å²) in [5, 5.41) is 2.80. The molecule has 0 spiro atoms. The molecule has 1 aliphatic heterocycles.